The largest absolute Gasteiger partial charge is 0.396 e. The molecular formula is C18H26FNO2. The summed E-state index contributed by atoms with van der Waals surface area (Å²) in [4.78, 5) is 12.7. The van der Waals surface area contributed by atoms with Gasteiger partial charge in [-0.1, -0.05) is 31.4 Å². The van der Waals surface area contributed by atoms with Crippen LogP contribution in [0.3, 0.4) is 0 Å². The van der Waals surface area contributed by atoms with Gasteiger partial charge in [0.1, 0.15) is 5.82 Å². The van der Waals surface area contributed by atoms with E-state index in [0.717, 1.165) is 32.1 Å². The van der Waals surface area contributed by atoms with Gasteiger partial charge < -0.3 is 10.4 Å². The first-order chi connectivity index (χ1) is 10.4. The molecule has 1 saturated carbocycles. The van der Waals surface area contributed by atoms with E-state index >= 15 is 0 Å². The number of benzene rings is 1. The summed E-state index contributed by atoms with van der Waals surface area (Å²) in [5.74, 6) is -0.320. The van der Waals surface area contributed by atoms with Gasteiger partial charge in [0.2, 0.25) is 5.91 Å². The maximum Gasteiger partial charge on any atom is 0.230 e. The summed E-state index contributed by atoms with van der Waals surface area (Å²) in [5.41, 5.74) is -0.131. The van der Waals surface area contributed by atoms with E-state index in [1.807, 2.05) is 13.8 Å². The van der Waals surface area contributed by atoms with Gasteiger partial charge in [-0.3, -0.25) is 4.79 Å². The summed E-state index contributed by atoms with van der Waals surface area (Å²) in [6, 6.07) is 6.20. The molecule has 1 fully saturated rings. The van der Waals surface area contributed by atoms with Gasteiger partial charge in [-0.15, -0.1) is 0 Å². The van der Waals surface area contributed by atoms with Crippen molar-refractivity contribution in [2.24, 2.45) is 5.92 Å². The molecule has 1 aliphatic rings. The Morgan fingerprint density at radius 1 is 1.32 bits per heavy atom. The highest BCUT2D eigenvalue weighted by Gasteiger charge is 2.33. The van der Waals surface area contributed by atoms with Crippen molar-refractivity contribution in [3.63, 3.8) is 0 Å². The fraction of sp³-hybridized carbons (Fsp3) is 0.611. The van der Waals surface area contributed by atoms with Crippen molar-refractivity contribution in [3.8, 4) is 0 Å². The number of amides is 1. The third-order valence-corrected chi connectivity index (χ3v) is 4.82. The second kappa shape index (κ2) is 7.23. The van der Waals surface area contributed by atoms with E-state index in [1.54, 1.807) is 12.1 Å². The molecule has 2 unspecified atom stereocenters. The van der Waals surface area contributed by atoms with Crippen LogP contribution in [-0.2, 0) is 10.2 Å². The zero-order valence-electron chi connectivity index (χ0n) is 13.4. The van der Waals surface area contributed by atoms with Crippen molar-refractivity contribution in [1.29, 1.82) is 0 Å². The fourth-order valence-electron chi connectivity index (χ4n) is 3.15. The molecule has 3 nitrogen and oxygen atoms in total. The van der Waals surface area contributed by atoms with Crippen LogP contribution in [0.1, 0.15) is 51.5 Å². The quantitative estimate of drug-likeness (QED) is 0.840. The maximum atomic E-state index is 13.4. The molecule has 0 heterocycles. The van der Waals surface area contributed by atoms with E-state index in [0.29, 0.717) is 5.56 Å². The first-order valence-corrected chi connectivity index (χ1v) is 8.13. The molecule has 2 rings (SSSR count). The van der Waals surface area contributed by atoms with Crippen LogP contribution < -0.4 is 5.32 Å². The molecule has 0 aliphatic heterocycles. The molecule has 2 atom stereocenters. The molecule has 4 heteroatoms. The molecule has 1 aromatic rings. The topological polar surface area (TPSA) is 49.3 Å². The number of nitrogens with one attached hydrogen (secondary N) is 1. The zero-order chi connectivity index (χ0) is 16.2. The monoisotopic (exact) mass is 307 g/mol. The molecule has 0 bridgehead atoms. The van der Waals surface area contributed by atoms with Crippen LogP contribution in [0.2, 0.25) is 0 Å². The lowest BCUT2D eigenvalue weighted by molar-refractivity contribution is -0.127. The number of hydrogen-bond donors (Lipinski definition) is 2. The summed E-state index contributed by atoms with van der Waals surface area (Å²) >= 11 is 0. The molecule has 2 N–H and O–H groups in total. The highest BCUT2D eigenvalue weighted by molar-refractivity contribution is 5.87. The van der Waals surface area contributed by atoms with Crippen LogP contribution in [0.5, 0.6) is 0 Å². The third kappa shape index (κ3) is 3.86. The number of carbonyl (C=O) groups excluding carboxylic acids is 1. The lowest BCUT2D eigenvalue weighted by atomic mass is 9.82. The van der Waals surface area contributed by atoms with Crippen molar-refractivity contribution in [1.82, 2.24) is 5.32 Å². The Morgan fingerprint density at radius 2 is 2.05 bits per heavy atom. The molecule has 122 valence electrons. The van der Waals surface area contributed by atoms with Gasteiger partial charge in [-0.2, -0.15) is 0 Å². The fourth-order valence-corrected chi connectivity index (χ4v) is 3.15. The van der Waals surface area contributed by atoms with Crippen LogP contribution in [-0.4, -0.2) is 23.7 Å². The predicted octanol–water partition coefficient (Wildman–Crippen LogP) is 3.16. The Balaban J connectivity index is 2.12. The van der Waals surface area contributed by atoms with Crippen LogP contribution >= 0.6 is 0 Å². The Bertz CT molecular complexity index is 516. The second-order valence-electron chi connectivity index (χ2n) is 6.80. The number of aliphatic hydroxyl groups excluding tert-OH is 1. The van der Waals surface area contributed by atoms with Crippen molar-refractivity contribution >= 4 is 5.91 Å². The van der Waals surface area contributed by atoms with Gasteiger partial charge in [-0.05, 0) is 44.4 Å². The van der Waals surface area contributed by atoms with Crippen molar-refractivity contribution in [2.75, 3.05) is 6.61 Å². The van der Waals surface area contributed by atoms with Gasteiger partial charge >= 0.3 is 0 Å². The van der Waals surface area contributed by atoms with Crippen LogP contribution in [0.4, 0.5) is 4.39 Å². The number of halogens is 1. The third-order valence-electron chi connectivity index (χ3n) is 4.82. The summed E-state index contributed by atoms with van der Waals surface area (Å²) in [7, 11) is 0. The van der Waals surface area contributed by atoms with E-state index in [1.165, 1.54) is 12.1 Å². The zero-order valence-corrected chi connectivity index (χ0v) is 13.4. The van der Waals surface area contributed by atoms with Gasteiger partial charge in [-0.25, -0.2) is 4.39 Å². The minimum Gasteiger partial charge on any atom is -0.396 e. The van der Waals surface area contributed by atoms with E-state index in [4.69, 9.17) is 0 Å². The molecular weight excluding hydrogens is 281 g/mol. The van der Waals surface area contributed by atoms with Crippen molar-refractivity contribution in [3.05, 3.63) is 35.6 Å². The number of rotatable bonds is 4. The molecule has 1 aromatic carbocycles. The molecule has 22 heavy (non-hydrogen) atoms. The van der Waals surface area contributed by atoms with E-state index in [-0.39, 0.29) is 30.3 Å². The molecule has 0 saturated heterocycles. The first kappa shape index (κ1) is 16.9. The molecule has 1 amide bonds. The summed E-state index contributed by atoms with van der Waals surface area (Å²) in [6.45, 7) is 3.72. The van der Waals surface area contributed by atoms with Gasteiger partial charge in [0.25, 0.3) is 0 Å². The van der Waals surface area contributed by atoms with Crippen LogP contribution in [0.15, 0.2) is 24.3 Å². The van der Waals surface area contributed by atoms with Gasteiger partial charge in [0, 0.05) is 18.6 Å². The van der Waals surface area contributed by atoms with Crippen molar-refractivity contribution < 1.29 is 14.3 Å². The number of carbonyl (C=O) groups is 1. The molecule has 0 spiro atoms. The number of aliphatic hydroxyl groups is 1. The van der Waals surface area contributed by atoms with E-state index in [2.05, 4.69) is 5.32 Å². The number of hydrogen-bond acceptors (Lipinski definition) is 2. The Labute approximate surface area is 131 Å². The highest BCUT2D eigenvalue weighted by Crippen LogP contribution is 2.27. The Kier molecular flexibility index (Phi) is 5.57. The normalized spacial score (nSPS) is 22.9. The molecule has 0 aromatic heterocycles. The average Bonchev–Trinajstić information content (AvgIpc) is 2.72. The summed E-state index contributed by atoms with van der Waals surface area (Å²) < 4.78 is 13.4. The van der Waals surface area contributed by atoms with Crippen LogP contribution in [0.25, 0.3) is 0 Å². The predicted molar refractivity (Wildman–Crippen MR) is 85.0 cm³/mol. The summed E-state index contributed by atoms with van der Waals surface area (Å²) in [6.07, 6.45) is 5.17. The van der Waals surface area contributed by atoms with E-state index in [9.17, 15) is 14.3 Å². The minimum atomic E-state index is -0.797. The average molecular weight is 307 g/mol. The summed E-state index contributed by atoms with van der Waals surface area (Å²) in [5, 5.41) is 12.7. The lowest BCUT2D eigenvalue weighted by Gasteiger charge is -2.30. The molecule has 1 aliphatic carbocycles. The first-order valence-electron chi connectivity index (χ1n) is 8.13. The Hall–Kier alpha value is -1.42. The Morgan fingerprint density at radius 3 is 2.73 bits per heavy atom. The standard InChI is InChI=1S/C18H26FNO2/c1-18(2,14-8-6-9-15(19)11-14)17(22)20-16-10-5-3-4-7-13(16)12-21/h6,8-9,11,13,16,21H,3-5,7,10,12H2,1-2H3,(H,20,22). The highest BCUT2D eigenvalue weighted by atomic mass is 19.1. The SMILES string of the molecule is CC(C)(C(=O)NC1CCCCCC1CO)c1cccc(F)c1. The maximum absolute atomic E-state index is 13.4. The minimum absolute atomic E-state index is 0.00725. The van der Waals surface area contributed by atoms with E-state index < -0.39 is 5.41 Å². The smallest absolute Gasteiger partial charge is 0.230 e. The van der Waals surface area contributed by atoms with Gasteiger partial charge in [0.05, 0.1) is 5.41 Å². The van der Waals surface area contributed by atoms with Crippen LogP contribution in [0, 0.1) is 11.7 Å². The van der Waals surface area contributed by atoms with Gasteiger partial charge in [0.15, 0.2) is 0 Å². The lowest BCUT2D eigenvalue weighted by Crippen LogP contribution is -2.48. The second-order valence-corrected chi connectivity index (χ2v) is 6.80. The molecule has 0 radical (unpaired) electrons. The van der Waals surface area contributed by atoms with Crippen molar-refractivity contribution in [2.45, 2.75) is 57.4 Å².